The van der Waals surface area contributed by atoms with Gasteiger partial charge in [0.15, 0.2) is 0 Å². The Morgan fingerprint density at radius 1 is 1.10 bits per heavy atom. The fourth-order valence-electron chi connectivity index (χ4n) is 4.79. The molecule has 1 saturated heterocycles. The van der Waals surface area contributed by atoms with Crippen molar-refractivity contribution in [3.8, 4) is 0 Å². The molecule has 2 N–H and O–H groups in total. The van der Waals surface area contributed by atoms with Crippen LogP contribution in [0.1, 0.15) is 73.9 Å². The number of halogens is 1. The lowest BCUT2D eigenvalue weighted by Crippen LogP contribution is -2.33. The molecular formula is C31H37ClN4O2S. The number of pyridine rings is 1. The van der Waals surface area contributed by atoms with E-state index in [0.29, 0.717) is 23.6 Å². The van der Waals surface area contributed by atoms with Crippen molar-refractivity contribution in [2.75, 3.05) is 18.0 Å². The van der Waals surface area contributed by atoms with Crippen molar-refractivity contribution in [3.63, 3.8) is 0 Å². The number of nitrogens with one attached hydrogen (secondary N) is 2. The number of amides is 2. The summed E-state index contributed by atoms with van der Waals surface area (Å²) in [6, 6.07) is 20.6. The lowest BCUT2D eigenvalue weighted by atomic mass is 9.91. The lowest BCUT2D eigenvalue weighted by Gasteiger charge is -2.25. The number of carbonyl (C=O) groups is 2. The third kappa shape index (κ3) is 7.62. The molecule has 0 saturated carbocycles. The number of para-hydroxylation sites is 1. The van der Waals surface area contributed by atoms with Crippen LogP contribution < -0.4 is 14.9 Å². The number of benzene rings is 2. The minimum absolute atomic E-state index is 0.0646. The highest BCUT2D eigenvalue weighted by molar-refractivity contribution is 7.98. The summed E-state index contributed by atoms with van der Waals surface area (Å²) in [4.78, 5) is 33.6. The lowest BCUT2D eigenvalue weighted by molar-refractivity contribution is 0.0977. The number of nitrogens with zero attached hydrogens (tertiary/aromatic N) is 2. The molecule has 3 aromatic rings. The average Bonchev–Trinajstić information content (AvgIpc) is 3.25. The highest BCUT2D eigenvalue weighted by Crippen LogP contribution is 2.28. The summed E-state index contributed by atoms with van der Waals surface area (Å²) in [5, 5.41) is 3.74. The molecule has 1 fully saturated rings. The molecule has 0 aliphatic carbocycles. The number of hydrogen-bond acceptors (Lipinski definition) is 5. The van der Waals surface area contributed by atoms with Gasteiger partial charge in [0, 0.05) is 39.3 Å². The van der Waals surface area contributed by atoms with Crippen LogP contribution >= 0.6 is 23.5 Å². The summed E-state index contributed by atoms with van der Waals surface area (Å²) in [6.45, 7) is 12.2. The molecule has 1 aromatic heterocycles. The van der Waals surface area contributed by atoms with Crippen LogP contribution in [-0.4, -0.2) is 35.4 Å². The van der Waals surface area contributed by atoms with Crippen molar-refractivity contribution < 1.29 is 9.59 Å². The smallest absolute Gasteiger partial charge is 0.264 e. The van der Waals surface area contributed by atoms with Gasteiger partial charge in [0.1, 0.15) is 5.15 Å². The summed E-state index contributed by atoms with van der Waals surface area (Å²) in [5.74, 6) is 0.119. The summed E-state index contributed by atoms with van der Waals surface area (Å²) in [5.41, 5.74) is 2.54. The molecule has 1 atom stereocenters. The van der Waals surface area contributed by atoms with Crippen molar-refractivity contribution in [3.05, 3.63) is 88.7 Å². The molecule has 4 rings (SSSR count). The van der Waals surface area contributed by atoms with Gasteiger partial charge >= 0.3 is 0 Å². The SMILES string of the molecule is CC1(C)CC(CCN(C(=O)c2cccc(SNC(=O)c3ccc(C(C)(C)C)nc3Cl)c2)c2ccccc2)CN1. The van der Waals surface area contributed by atoms with Gasteiger partial charge in [0.2, 0.25) is 0 Å². The van der Waals surface area contributed by atoms with E-state index in [1.165, 1.54) is 0 Å². The summed E-state index contributed by atoms with van der Waals surface area (Å²) in [6.07, 6.45) is 2.01. The molecule has 0 radical (unpaired) electrons. The zero-order chi connectivity index (χ0) is 28.2. The van der Waals surface area contributed by atoms with Crippen molar-refractivity contribution in [1.29, 1.82) is 0 Å². The summed E-state index contributed by atoms with van der Waals surface area (Å²) < 4.78 is 2.83. The van der Waals surface area contributed by atoms with Gasteiger partial charge in [0.25, 0.3) is 11.8 Å². The number of aromatic nitrogens is 1. The van der Waals surface area contributed by atoms with E-state index in [-0.39, 0.29) is 27.9 Å². The highest BCUT2D eigenvalue weighted by atomic mass is 35.5. The van der Waals surface area contributed by atoms with Gasteiger partial charge in [-0.1, -0.05) is 56.6 Å². The minimum Gasteiger partial charge on any atom is -0.312 e. The Kier molecular flexibility index (Phi) is 9.04. The zero-order valence-corrected chi connectivity index (χ0v) is 24.8. The third-order valence-electron chi connectivity index (χ3n) is 6.95. The molecule has 6 nitrogen and oxygen atoms in total. The first-order valence-electron chi connectivity index (χ1n) is 13.3. The van der Waals surface area contributed by atoms with Gasteiger partial charge in [-0.2, -0.15) is 0 Å². The topological polar surface area (TPSA) is 74.3 Å². The first kappa shape index (κ1) is 29.1. The molecule has 8 heteroatoms. The van der Waals surface area contributed by atoms with Crippen LogP contribution in [0.4, 0.5) is 5.69 Å². The van der Waals surface area contributed by atoms with Crippen LogP contribution in [-0.2, 0) is 5.41 Å². The molecule has 39 heavy (non-hydrogen) atoms. The maximum absolute atomic E-state index is 13.7. The van der Waals surface area contributed by atoms with Crippen LogP contribution in [0.3, 0.4) is 0 Å². The van der Waals surface area contributed by atoms with E-state index in [1.807, 2.05) is 86.3 Å². The van der Waals surface area contributed by atoms with E-state index >= 15 is 0 Å². The highest BCUT2D eigenvalue weighted by Gasteiger charge is 2.31. The first-order valence-corrected chi connectivity index (χ1v) is 14.5. The number of anilines is 1. The van der Waals surface area contributed by atoms with Gasteiger partial charge in [0.05, 0.1) is 5.56 Å². The quantitative estimate of drug-likeness (QED) is 0.230. The fourth-order valence-corrected chi connectivity index (χ4v) is 5.68. The van der Waals surface area contributed by atoms with Gasteiger partial charge in [-0.05, 0) is 93.6 Å². The molecule has 2 amide bonds. The first-order chi connectivity index (χ1) is 18.4. The Hall–Kier alpha value is -2.87. The van der Waals surface area contributed by atoms with Crippen LogP contribution in [0.25, 0.3) is 0 Å². The molecule has 0 bridgehead atoms. The molecule has 1 aliphatic rings. The van der Waals surface area contributed by atoms with Crippen LogP contribution in [0.2, 0.25) is 5.15 Å². The molecular weight excluding hydrogens is 528 g/mol. The second kappa shape index (κ2) is 12.1. The summed E-state index contributed by atoms with van der Waals surface area (Å²) in [7, 11) is 0. The maximum atomic E-state index is 13.7. The second-order valence-corrected chi connectivity index (χ2v) is 13.0. The van der Waals surface area contributed by atoms with Gasteiger partial charge < -0.3 is 10.2 Å². The van der Waals surface area contributed by atoms with E-state index in [9.17, 15) is 9.59 Å². The van der Waals surface area contributed by atoms with Crippen molar-refractivity contribution in [2.45, 2.75) is 63.3 Å². The van der Waals surface area contributed by atoms with Crippen molar-refractivity contribution in [2.24, 2.45) is 5.92 Å². The van der Waals surface area contributed by atoms with Gasteiger partial charge in [-0.15, -0.1) is 0 Å². The molecule has 1 aliphatic heterocycles. The Balaban J connectivity index is 1.45. The molecule has 0 spiro atoms. The molecule has 1 unspecified atom stereocenters. The minimum atomic E-state index is -0.339. The predicted octanol–water partition coefficient (Wildman–Crippen LogP) is 6.89. The standard InChI is InChI=1S/C31H37ClN4O2S/c1-30(2,3)26-15-14-25(27(32)34-26)28(37)35-39-24-13-9-10-22(18-24)29(38)36(23-11-7-6-8-12-23)17-16-21-19-31(4,5)33-20-21/h6-15,18,21,33H,16-17,19-20H2,1-5H3,(H,35,37). The van der Waals surface area contributed by atoms with E-state index in [1.54, 1.807) is 6.07 Å². The van der Waals surface area contributed by atoms with E-state index in [4.69, 9.17) is 11.6 Å². The number of carbonyl (C=O) groups excluding carboxylic acids is 2. The van der Waals surface area contributed by atoms with E-state index in [2.05, 4.69) is 28.9 Å². The largest absolute Gasteiger partial charge is 0.312 e. The fraction of sp³-hybridized carbons (Fsp3) is 0.387. The average molecular weight is 565 g/mol. The molecule has 2 heterocycles. The van der Waals surface area contributed by atoms with Gasteiger partial charge in [-0.3, -0.25) is 14.3 Å². The Morgan fingerprint density at radius 3 is 2.49 bits per heavy atom. The second-order valence-electron chi connectivity index (χ2n) is 11.8. The molecule has 206 valence electrons. The Morgan fingerprint density at radius 2 is 1.85 bits per heavy atom. The molecule has 2 aromatic carbocycles. The van der Waals surface area contributed by atoms with E-state index < -0.39 is 0 Å². The van der Waals surface area contributed by atoms with Crippen LogP contribution in [0, 0.1) is 5.92 Å². The zero-order valence-electron chi connectivity index (χ0n) is 23.3. The number of hydrogen-bond donors (Lipinski definition) is 2. The van der Waals surface area contributed by atoms with Crippen molar-refractivity contribution >= 4 is 41.1 Å². The van der Waals surface area contributed by atoms with Gasteiger partial charge in [-0.25, -0.2) is 4.98 Å². The van der Waals surface area contributed by atoms with E-state index in [0.717, 1.165) is 47.6 Å². The Bertz CT molecular complexity index is 1320. The van der Waals surface area contributed by atoms with Crippen LogP contribution in [0.15, 0.2) is 71.6 Å². The predicted molar refractivity (Wildman–Crippen MR) is 161 cm³/mol. The maximum Gasteiger partial charge on any atom is 0.264 e. The van der Waals surface area contributed by atoms with Crippen molar-refractivity contribution in [1.82, 2.24) is 15.0 Å². The third-order valence-corrected chi connectivity index (χ3v) is 8.01. The Labute approximate surface area is 241 Å². The normalized spacial score (nSPS) is 16.6. The number of rotatable bonds is 8. The van der Waals surface area contributed by atoms with Crippen LogP contribution in [0.5, 0.6) is 0 Å². The monoisotopic (exact) mass is 564 g/mol. The summed E-state index contributed by atoms with van der Waals surface area (Å²) >= 11 is 7.48.